The number of hydrogen-bond donors (Lipinski definition) is 0. The molecule has 0 atom stereocenters. The van der Waals surface area contributed by atoms with Crippen molar-refractivity contribution in [1.29, 1.82) is 0 Å². The maximum Gasteiger partial charge on any atom is 0.331 e. The molecule has 0 N–H and O–H groups in total. The molecular weight excluding hydrogens is 286 g/mol. The van der Waals surface area contributed by atoms with Crippen molar-refractivity contribution < 1.29 is 18.9 Å². The van der Waals surface area contributed by atoms with Crippen molar-refractivity contribution in [2.45, 2.75) is 0 Å². The maximum atomic E-state index is 11.3. The predicted octanol–water partition coefficient (Wildman–Crippen LogP) is 3.60. The molecule has 0 aliphatic heterocycles. The second kappa shape index (κ2) is 7.03. The van der Waals surface area contributed by atoms with Crippen molar-refractivity contribution >= 4 is 17.7 Å². The van der Waals surface area contributed by atoms with E-state index in [9.17, 15) is 14.9 Å². The Bertz CT molecular complexity index is 712. The van der Waals surface area contributed by atoms with Crippen LogP contribution in [0.4, 0.5) is 5.69 Å². The van der Waals surface area contributed by atoms with E-state index in [4.69, 9.17) is 9.15 Å². The average Bonchev–Trinajstić information content (AvgIpc) is 3.00. The van der Waals surface area contributed by atoms with E-state index < -0.39 is 10.9 Å². The number of hydrogen-bond acceptors (Lipinski definition) is 5. The molecule has 0 bridgehead atoms. The van der Waals surface area contributed by atoms with Gasteiger partial charge in [0.05, 0.1) is 4.92 Å². The van der Waals surface area contributed by atoms with E-state index in [0.717, 1.165) is 0 Å². The summed E-state index contributed by atoms with van der Waals surface area (Å²) in [7, 11) is 0. The highest BCUT2D eigenvalue weighted by Crippen LogP contribution is 2.24. The van der Waals surface area contributed by atoms with Crippen molar-refractivity contribution in [2.75, 3.05) is 6.61 Å². The molecule has 2 rings (SSSR count). The van der Waals surface area contributed by atoms with E-state index in [0.29, 0.717) is 17.1 Å². The van der Waals surface area contributed by atoms with E-state index in [2.05, 4.69) is 6.58 Å². The lowest BCUT2D eigenvalue weighted by Crippen LogP contribution is -1.99. The van der Waals surface area contributed by atoms with Crippen LogP contribution in [0.25, 0.3) is 17.4 Å². The molecule has 2 aromatic rings. The van der Waals surface area contributed by atoms with Crippen LogP contribution < -0.4 is 0 Å². The molecule has 1 aromatic heterocycles. The first-order valence-electron chi connectivity index (χ1n) is 6.40. The minimum atomic E-state index is -0.492. The summed E-state index contributed by atoms with van der Waals surface area (Å²) in [4.78, 5) is 21.4. The van der Waals surface area contributed by atoms with Gasteiger partial charge in [-0.15, -0.1) is 0 Å². The third-order valence-electron chi connectivity index (χ3n) is 2.72. The number of nitro benzene ring substituents is 1. The number of nitro groups is 1. The molecular formula is C16H13NO5. The van der Waals surface area contributed by atoms with Gasteiger partial charge in [-0.3, -0.25) is 10.1 Å². The highest BCUT2D eigenvalue weighted by atomic mass is 16.6. The molecule has 1 heterocycles. The summed E-state index contributed by atoms with van der Waals surface area (Å²) in [5.41, 5.74) is 0.722. The van der Waals surface area contributed by atoms with Crippen LogP contribution >= 0.6 is 0 Å². The molecule has 0 saturated carbocycles. The van der Waals surface area contributed by atoms with Gasteiger partial charge in [0.1, 0.15) is 18.1 Å². The quantitative estimate of drug-likeness (QED) is 0.267. The molecule has 1 aromatic carbocycles. The lowest BCUT2D eigenvalue weighted by Gasteiger charge is -1.96. The fourth-order valence-corrected chi connectivity index (χ4v) is 1.68. The molecule has 0 radical (unpaired) electrons. The second-order valence-electron chi connectivity index (χ2n) is 4.26. The lowest BCUT2D eigenvalue weighted by molar-refractivity contribution is -0.384. The van der Waals surface area contributed by atoms with E-state index in [1.165, 1.54) is 30.4 Å². The van der Waals surface area contributed by atoms with Gasteiger partial charge in [-0.25, -0.2) is 4.79 Å². The topological polar surface area (TPSA) is 82.6 Å². The first-order chi connectivity index (χ1) is 10.6. The summed E-state index contributed by atoms with van der Waals surface area (Å²) in [6.45, 7) is 3.59. The molecule has 112 valence electrons. The molecule has 6 heteroatoms. The van der Waals surface area contributed by atoms with Crippen molar-refractivity contribution in [2.24, 2.45) is 0 Å². The Labute approximate surface area is 126 Å². The van der Waals surface area contributed by atoms with Crippen LogP contribution in [0, 0.1) is 10.1 Å². The zero-order chi connectivity index (χ0) is 15.9. The maximum absolute atomic E-state index is 11.3. The minimum Gasteiger partial charge on any atom is -0.458 e. The molecule has 0 spiro atoms. The molecule has 22 heavy (non-hydrogen) atoms. The van der Waals surface area contributed by atoms with Gasteiger partial charge in [0.2, 0.25) is 0 Å². The van der Waals surface area contributed by atoms with Gasteiger partial charge in [0.15, 0.2) is 0 Å². The van der Waals surface area contributed by atoms with Crippen molar-refractivity contribution in [3.05, 3.63) is 71.0 Å². The fourth-order valence-electron chi connectivity index (χ4n) is 1.68. The Kier molecular flexibility index (Phi) is 4.87. The van der Waals surface area contributed by atoms with E-state index in [1.807, 2.05) is 0 Å². The smallest absolute Gasteiger partial charge is 0.331 e. The van der Waals surface area contributed by atoms with E-state index in [-0.39, 0.29) is 12.3 Å². The van der Waals surface area contributed by atoms with Gasteiger partial charge in [0, 0.05) is 23.8 Å². The summed E-state index contributed by atoms with van der Waals surface area (Å²) in [6, 6.07) is 9.41. The number of ether oxygens (including phenoxy) is 1. The number of carbonyl (C=O) groups is 1. The third kappa shape index (κ3) is 3.92. The van der Waals surface area contributed by atoms with Crippen LogP contribution in [0.1, 0.15) is 5.76 Å². The Morgan fingerprint density at radius 2 is 2.00 bits per heavy atom. The summed E-state index contributed by atoms with van der Waals surface area (Å²) in [6.07, 6.45) is 4.22. The van der Waals surface area contributed by atoms with Gasteiger partial charge < -0.3 is 9.15 Å². The van der Waals surface area contributed by atoms with Crippen molar-refractivity contribution in [1.82, 2.24) is 0 Å². The van der Waals surface area contributed by atoms with E-state index in [1.54, 1.807) is 24.3 Å². The largest absolute Gasteiger partial charge is 0.458 e. The average molecular weight is 299 g/mol. The normalized spacial score (nSPS) is 10.5. The number of carbonyl (C=O) groups excluding carboxylic acids is 1. The van der Waals surface area contributed by atoms with E-state index >= 15 is 0 Å². The van der Waals surface area contributed by atoms with Gasteiger partial charge in [-0.1, -0.05) is 12.7 Å². The molecule has 0 amide bonds. The number of furan rings is 1. The fraction of sp³-hybridized carbons (Fsp3) is 0.0625. The second-order valence-corrected chi connectivity index (χ2v) is 4.26. The lowest BCUT2D eigenvalue weighted by atomic mass is 10.1. The minimum absolute atomic E-state index is 0.0142. The van der Waals surface area contributed by atoms with Crippen LogP contribution in [0.15, 0.2) is 59.5 Å². The Hall–Kier alpha value is -3.15. The van der Waals surface area contributed by atoms with Crippen LogP contribution in [0.2, 0.25) is 0 Å². The molecule has 0 fully saturated rings. The molecule has 6 nitrogen and oxygen atoms in total. The highest BCUT2D eigenvalue weighted by Gasteiger charge is 2.07. The molecule has 0 aliphatic carbocycles. The molecule has 0 unspecified atom stereocenters. The van der Waals surface area contributed by atoms with Crippen molar-refractivity contribution in [3.63, 3.8) is 0 Å². The molecule has 0 aliphatic rings. The van der Waals surface area contributed by atoms with Gasteiger partial charge >= 0.3 is 5.97 Å². The number of esters is 1. The van der Waals surface area contributed by atoms with Gasteiger partial charge in [0.25, 0.3) is 5.69 Å². The first-order valence-corrected chi connectivity index (χ1v) is 6.40. The predicted molar refractivity (Wildman–Crippen MR) is 81.0 cm³/mol. The van der Waals surface area contributed by atoms with Crippen LogP contribution in [0.5, 0.6) is 0 Å². The SMILES string of the molecule is C=CCOC(=O)/C=C/c1ccc(-c2ccc([N+](=O)[O-])cc2)o1. The number of rotatable bonds is 6. The summed E-state index contributed by atoms with van der Waals surface area (Å²) < 4.78 is 10.3. The monoisotopic (exact) mass is 299 g/mol. The number of non-ortho nitro benzene ring substituents is 1. The zero-order valence-electron chi connectivity index (χ0n) is 11.6. The standard InChI is InChI=1S/C16H13NO5/c1-2-11-21-16(18)10-8-14-7-9-15(22-14)12-3-5-13(6-4-12)17(19)20/h2-10H,1,11H2/b10-8+. The summed E-state index contributed by atoms with van der Waals surface area (Å²) >= 11 is 0. The summed E-state index contributed by atoms with van der Waals surface area (Å²) in [5, 5.41) is 10.6. The third-order valence-corrected chi connectivity index (χ3v) is 2.72. The summed E-state index contributed by atoms with van der Waals surface area (Å²) in [5.74, 6) is 0.533. The Balaban J connectivity index is 2.07. The highest BCUT2D eigenvalue weighted by molar-refractivity contribution is 5.86. The molecule has 0 saturated heterocycles. The Morgan fingerprint density at radius 3 is 2.64 bits per heavy atom. The van der Waals surface area contributed by atoms with Crippen molar-refractivity contribution in [3.8, 4) is 11.3 Å². The zero-order valence-corrected chi connectivity index (χ0v) is 11.6. The van der Waals surface area contributed by atoms with Gasteiger partial charge in [-0.05, 0) is 30.3 Å². The number of nitrogens with zero attached hydrogens (tertiary/aromatic N) is 1. The van der Waals surface area contributed by atoms with Crippen LogP contribution in [-0.2, 0) is 9.53 Å². The Morgan fingerprint density at radius 1 is 1.27 bits per heavy atom. The van der Waals surface area contributed by atoms with Gasteiger partial charge in [-0.2, -0.15) is 0 Å². The van der Waals surface area contributed by atoms with Crippen LogP contribution in [-0.4, -0.2) is 17.5 Å². The van der Waals surface area contributed by atoms with Crippen LogP contribution in [0.3, 0.4) is 0 Å². The number of benzene rings is 1. The first kappa shape index (κ1) is 15.2.